The first-order chi connectivity index (χ1) is 8.81. The number of carbonyl (C=O) groups excluding carboxylic acids is 4. The van der Waals surface area contributed by atoms with E-state index in [1.54, 1.807) is 13.8 Å². The number of hydrogen-bond acceptors (Lipinski definition) is 4. The molecule has 0 saturated carbocycles. The third-order valence-electron chi connectivity index (χ3n) is 2.80. The highest BCUT2D eigenvalue weighted by atomic mass is 16.2. The average molecular weight is 270 g/mol. The van der Waals surface area contributed by atoms with Gasteiger partial charge in [-0.1, -0.05) is 13.8 Å². The highest BCUT2D eigenvalue weighted by molar-refractivity contribution is 6.02. The molecule has 0 aromatic carbocycles. The molecule has 0 aromatic rings. The summed E-state index contributed by atoms with van der Waals surface area (Å²) in [6.07, 6.45) is 0.421. The Labute approximate surface area is 110 Å². The van der Waals surface area contributed by atoms with Gasteiger partial charge in [-0.05, 0) is 12.3 Å². The van der Waals surface area contributed by atoms with Crippen LogP contribution in [0.1, 0.15) is 26.7 Å². The zero-order valence-corrected chi connectivity index (χ0v) is 10.9. The van der Waals surface area contributed by atoms with Crippen LogP contribution in [0.3, 0.4) is 0 Å². The number of urea groups is 1. The summed E-state index contributed by atoms with van der Waals surface area (Å²) in [4.78, 5) is 45.3. The molecule has 8 heteroatoms. The van der Waals surface area contributed by atoms with Gasteiger partial charge in [0.05, 0.1) is 0 Å². The first kappa shape index (κ1) is 14.9. The Morgan fingerprint density at radius 3 is 2.47 bits per heavy atom. The van der Waals surface area contributed by atoms with Crippen molar-refractivity contribution >= 4 is 23.8 Å². The fourth-order valence-corrected chi connectivity index (χ4v) is 1.78. The number of hydrogen-bond donors (Lipinski definition) is 4. The molecule has 2 atom stereocenters. The van der Waals surface area contributed by atoms with Crippen LogP contribution >= 0.6 is 0 Å². The van der Waals surface area contributed by atoms with Gasteiger partial charge in [0, 0.05) is 6.42 Å². The summed E-state index contributed by atoms with van der Waals surface area (Å²) in [6, 6.07) is -2.39. The molecule has 19 heavy (non-hydrogen) atoms. The van der Waals surface area contributed by atoms with E-state index in [-0.39, 0.29) is 24.7 Å². The van der Waals surface area contributed by atoms with Gasteiger partial charge >= 0.3 is 6.03 Å². The molecular weight excluding hydrogens is 252 g/mol. The van der Waals surface area contributed by atoms with Gasteiger partial charge in [-0.25, -0.2) is 4.79 Å². The second kappa shape index (κ2) is 6.17. The van der Waals surface area contributed by atoms with Gasteiger partial charge in [-0.3, -0.25) is 19.7 Å². The molecule has 1 saturated heterocycles. The minimum absolute atomic E-state index is 0.173. The van der Waals surface area contributed by atoms with E-state index in [4.69, 9.17) is 5.73 Å². The molecule has 106 valence electrons. The molecule has 0 spiro atoms. The number of primary amides is 1. The summed E-state index contributed by atoms with van der Waals surface area (Å²) in [5.74, 6) is -1.57. The molecule has 5 N–H and O–H groups in total. The molecule has 0 radical (unpaired) electrons. The number of carbonyl (C=O) groups is 4. The Morgan fingerprint density at radius 1 is 1.37 bits per heavy atom. The summed E-state index contributed by atoms with van der Waals surface area (Å²) < 4.78 is 0. The number of rotatable bonds is 4. The topological polar surface area (TPSA) is 130 Å². The molecule has 1 fully saturated rings. The van der Waals surface area contributed by atoms with E-state index in [2.05, 4.69) is 16.0 Å². The lowest BCUT2D eigenvalue weighted by Gasteiger charge is -2.26. The van der Waals surface area contributed by atoms with E-state index in [0.717, 1.165) is 0 Å². The number of imide groups is 1. The van der Waals surface area contributed by atoms with Crippen LogP contribution in [0.4, 0.5) is 4.79 Å². The molecule has 1 aliphatic heterocycles. The van der Waals surface area contributed by atoms with Gasteiger partial charge in [-0.15, -0.1) is 0 Å². The molecule has 1 rings (SSSR count). The highest BCUT2D eigenvalue weighted by Crippen LogP contribution is 2.07. The number of nitrogens with two attached hydrogens (primary N) is 1. The van der Waals surface area contributed by atoms with Gasteiger partial charge in [0.1, 0.15) is 12.1 Å². The number of piperidine rings is 1. The van der Waals surface area contributed by atoms with Crippen molar-refractivity contribution < 1.29 is 19.2 Å². The van der Waals surface area contributed by atoms with Gasteiger partial charge in [0.15, 0.2) is 0 Å². The van der Waals surface area contributed by atoms with Crippen LogP contribution < -0.4 is 21.7 Å². The summed E-state index contributed by atoms with van der Waals surface area (Å²) >= 11 is 0. The Hall–Kier alpha value is -2.12. The van der Waals surface area contributed by atoms with Crippen molar-refractivity contribution in [1.29, 1.82) is 0 Å². The van der Waals surface area contributed by atoms with E-state index in [9.17, 15) is 19.2 Å². The molecule has 0 aromatic heterocycles. The summed E-state index contributed by atoms with van der Waals surface area (Å²) in [5, 5.41) is 6.96. The van der Waals surface area contributed by atoms with Gasteiger partial charge in [0.25, 0.3) is 0 Å². The first-order valence-corrected chi connectivity index (χ1v) is 6.01. The number of amides is 5. The van der Waals surface area contributed by atoms with Gasteiger partial charge in [-0.2, -0.15) is 0 Å². The second-order valence-corrected chi connectivity index (χ2v) is 4.74. The standard InChI is InChI=1S/C11H18N4O4/c1-5(2)8(15-11(12)19)10(18)13-6-3-4-7(16)14-9(6)17/h5-6,8H,3-4H2,1-2H3,(H,13,18)(H3,12,15,19)(H,14,16,17). The maximum Gasteiger partial charge on any atom is 0.312 e. The van der Waals surface area contributed by atoms with Crippen molar-refractivity contribution in [2.24, 2.45) is 11.7 Å². The van der Waals surface area contributed by atoms with Crippen LogP contribution in [-0.2, 0) is 14.4 Å². The van der Waals surface area contributed by atoms with E-state index in [1.165, 1.54) is 0 Å². The van der Waals surface area contributed by atoms with E-state index in [1.807, 2.05) is 0 Å². The smallest absolute Gasteiger partial charge is 0.312 e. The second-order valence-electron chi connectivity index (χ2n) is 4.74. The lowest BCUT2D eigenvalue weighted by Crippen LogP contribution is -2.58. The zero-order chi connectivity index (χ0) is 14.6. The lowest BCUT2D eigenvalue weighted by atomic mass is 10.0. The van der Waals surface area contributed by atoms with Crippen molar-refractivity contribution in [3.05, 3.63) is 0 Å². The lowest BCUT2D eigenvalue weighted by molar-refractivity contribution is -0.137. The molecule has 1 heterocycles. The van der Waals surface area contributed by atoms with Crippen LogP contribution in [0.5, 0.6) is 0 Å². The quantitative estimate of drug-likeness (QED) is 0.468. The Balaban J connectivity index is 2.63. The molecule has 0 aliphatic carbocycles. The summed E-state index contributed by atoms with van der Waals surface area (Å²) in [6.45, 7) is 3.48. The third kappa shape index (κ3) is 4.23. The van der Waals surface area contributed by atoms with E-state index in [0.29, 0.717) is 0 Å². The van der Waals surface area contributed by atoms with Crippen LogP contribution in [0.2, 0.25) is 0 Å². The van der Waals surface area contributed by atoms with E-state index < -0.39 is 29.9 Å². The van der Waals surface area contributed by atoms with E-state index >= 15 is 0 Å². The van der Waals surface area contributed by atoms with Gasteiger partial charge in [0.2, 0.25) is 17.7 Å². The minimum atomic E-state index is -0.817. The largest absolute Gasteiger partial charge is 0.352 e. The third-order valence-corrected chi connectivity index (χ3v) is 2.80. The molecule has 2 unspecified atom stereocenters. The van der Waals surface area contributed by atoms with Gasteiger partial charge < -0.3 is 16.4 Å². The number of nitrogens with one attached hydrogen (secondary N) is 3. The van der Waals surface area contributed by atoms with Crippen molar-refractivity contribution in [1.82, 2.24) is 16.0 Å². The Kier molecular flexibility index (Phi) is 4.85. The molecular formula is C11H18N4O4. The van der Waals surface area contributed by atoms with Crippen LogP contribution in [0, 0.1) is 5.92 Å². The highest BCUT2D eigenvalue weighted by Gasteiger charge is 2.31. The van der Waals surface area contributed by atoms with Crippen LogP contribution in [-0.4, -0.2) is 35.8 Å². The maximum atomic E-state index is 12.0. The molecule has 0 bridgehead atoms. The van der Waals surface area contributed by atoms with Crippen molar-refractivity contribution in [3.63, 3.8) is 0 Å². The Morgan fingerprint density at radius 2 is 2.00 bits per heavy atom. The summed E-state index contributed by atoms with van der Waals surface area (Å²) in [5.41, 5.74) is 4.99. The maximum absolute atomic E-state index is 12.0. The summed E-state index contributed by atoms with van der Waals surface area (Å²) in [7, 11) is 0. The molecule has 1 aliphatic rings. The van der Waals surface area contributed by atoms with Crippen LogP contribution in [0.15, 0.2) is 0 Å². The predicted octanol–water partition coefficient (Wildman–Crippen LogP) is -1.40. The normalized spacial score (nSPS) is 20.7. The average Bonchev–Trinajstić information content (AvgIpc) is 2.29. The fraction of sp³-hybridized carbons (Fsp3) is 0.636. The molecule has 5 amide bonds. The fourth-order valence-electron chi connectivity index (χ4n) is 1.78. The van der Waals surface area contributed by atoms with Crippen molar-refractivity contribution in [2.45, 2.75) is 38.8 Å². The Bertz CT molecular complexity index is 407. The zero-order valence-electron chi connectivity index (χ0n) is 10.9. The predicted molar refractivity (Wildman–Crippen MR) is 65.7 cm³/mol. The minimum Gasteiger partial charge on any atom is -0.352 e. The SMILES string of the molecule is CC(C)C(NC(N)=O)C(=O)NC1CCC(=O)NC1=O. The van der Waals surface area contributed by atoms with Crippen molar-refractivity contribution in [2.75, 3.05) is 0 Å². The van der Waals surface area contributed by atoms with Crippen LogP contribution in [0.25, 0.3) is 0 Å². The molecule has 8 nitrogen and oxygen atoms in total. The van der Waals surface area contributed by atoms with Crippen molar-refractivity contribution in [3.8, 4) is 0 Å². The monoisotopic (exact) mass is 270 g/mol. The first-order valence-electron chi connectivity index (χ1n) is 6.01.